The number of nitrogens with one attached hydrogen (secondary N) is 2. The molecule has 1 amide bonds. The van der Waals surface area contributed by atoms with Gasteiger partial charge in [-0.15, -0.1) is 0 Å². The molecule has 1 aromatic heterocycles. The third kappa shape index (κ3) is 3.77. The number of ether oxygens (including phenoxy) is 1. The SMILES string of the molecule is CC(Oc1cccc(Cl)c1Cl)C(=O)Nc1c[nH]ccc1=O. The van der Waals surface area contributed by atoms with Crippen molar-refractivity contribution in [2.45, 2.75) is 13.0 Å². The molecule has 0 saturated carbocycles. The van der Waals surface area contributed by atoms with Crippen LogP contribution in [0.1, 0.15) is 6.92 Å². The first kappa shape index (κ1) is 15.4. The summed E-state index contributed by atoms with van der Waals surface area (Å²) in [7, 11) is 0. The molecule has 1 unspecified atom stereocenters. The summed E-state index contributed by atoms with van der Waals surface area (Å²) in [6.07, 6.45) is 2.03. The number of aromatic nitrogens is 1. The third-order valence-corrected chi connectivity index (χ3v) is 3.47. The maximum atomic E-state index is 12.0. The van der Waals surface area contributed by atoms with Gasteiger partial charge in [0, 0.05) is 18.5 Å². The maximum absolute atomic E-state index is 12.0. The van der Waals surface area contributed by atoms with E-state index in [0.29, 0.717) is 10.8 Å². The Hall–Kier alpha value is -1.98. The Kier molecular flexibility index (Phi) is 4.88. The Labute approximate surface area is 130 Å². The number of pyridine rings is 1. The summed E-state index contributed by atoms with van der Waals surface area (Å²) in [5.74, 6) is -0.170. The second-order valence-corrected chi connectivity index (χ2v) is 5.01. The molecular formula is C14H12Cl2N2O3. The minimum atomic E-state index is -0.847. The van der Waals surface area contributed by atoms with Gasteiger partial charge in [0.15, 0.2) is 6.10 Å². The Bertz CT molecular complexity index is 715. The fourth-order valence-corrected chi connectivity index (χ4v) is 1.90. The molecule has 0 bridgehead atoms. The van der Waals surface area contributed by atoms with Gasteiger partial charge in [0.05, 0.1) is 5.02 Å². The Morgan fingerprint density at radius 3 is 2.81 bits per heavy atom. The molecule has 1 aromatic carbocycles. The number of hydrogen-bond acceptors (Lipinski definition) is 3. The molecular weight excluding hydrogens is 315 g/mol. The van der Waals surface area contributed by atoms with Crippen LogP contribution in [0.3, 0.4) is 0 Å². The lowest BCUT2D eigenvalue weighted by molar-refractivity contribution is -0.122. The smallest absolute Gasteiger partial charge is 0.265 e. The zero-order valence-corrected chi connectivity index (χ0v) is 12.5. The normalized spacial score (nSPS) is 11.8. The van der Waals surface area contributed by atoms with E-state index >= 15 is 0 Å². The van der Waals surface area contributed by atoms with Crippen molar-refractivity contribution in [2.75, 3.05) is 5.32 Å². The van der Waals surface area contributed by atoms with E-state index < -0.39 is 12.0 Å². The minimum Gasteiger partial charge on any atom is -0.479 e. The van der Waals surface area contributed by atoms with Gasteiger partial charge in [-0.05, 0) is 19.1 Å². The third-order valence-electron chi connectivity index (χ3n) is 2.67. The quantitative estimate of drug-likeness (QED) is 0.906. The number of carbonyl (C=O) groups excluding carboxylic acids is 1. The zero-order chi connectivity index (χ0) is 15.4. The van der Waals surface area contributed by atoms with E-state index in [1.54, 1.807) is 25.1 Å². The van der Waals surface area contributed by atoms with Gasteiger partial charge in [0.1, 0.15) is 16.5 Å². The fraction of sp³-hybridized carbons (Fsp3) is 0.143. The van der Waals surface area contributed by atoms with Gasteiger partial charge >= 0.3 is 0 Å². The van der Waals surface area contributed by atoms with Crippen molar-refractivity contribution in [1.29, 1.82) is 0 Å². The maximum Gasteiger partial charge on any atom is 0.265 e. The van der Waals surface area contributed by atoms with E-state index in [1.165, 1.54) is 18.5 Å². The molecule has 0 radical (unpaired) electrons. The van der Waals surface area contributed by atoms with Crippen LogP contribution in [-0.2, 0) is 4.79 Å². The van der Waals surface area contributed by atoms with Crippen LogP contribution in [0.2, 0.25) is 10.0 Å². The van der Waals surface area contributed by atoms with Crippen LogP contribution >= 0.6 is 23.2 Å². The molecule has 0 fully saturated rings. The predicted octanol–water partition coefficient (Wildman–Crippen LogP) is 3.09. The number of aromatic amines is 1. The van der Waals surface area contributed by atoms with Crippen LogP contribution in [0, 0.1) is 0 Å². The number of carbonyl (C=O) groups is 1. The number of hydrogen-bond donors (Lipinski definition) is 2. The van der Waals surface area contributed by atoms with Gasteiger partial charge in [0.2, 0.25) is 5.43 Å². The zero-order valence-electron chi connectivity index (χ0n) is 11.0. The summed E-state index contributed by atoms with van der Waals surface area (Å²) in [5, 5.41) is 3.05. The highest BCUT2D eigenvalue weighted by Crippen LogP contribution is 2.32. The summed E-state index contributed by atoms with van der Waals surface area (Å²) in [5.41, 5.74) is -0.148. The molecule has 2 aromatic rings. The van der Waals surface area contributed by atoms with Crippen molar-refractivity contribution in [3.05, 3.63) is 56.9 Å². The number of halogens is 2. The summed E-state index contributed by atoms with van der Waals surface area (Å²) in [6.45, 7) is 1.55. The molecule has 0 aliphatic heterocycles. The van der Waals surface area contributed by atoms with Gasteiger partial charge in [-0.25, -0.2) is 0 Å². The fourth-order valence-electron chi connectivity index (χ4n) is 1.57. The molecule has 0 aliphatic rings. The first-order valence-corrected chi connectivity index (χ1v) is 6.83. The van der Waals surface area contributed by atoms with Gasteiger partial charge in [-0.2, -0.15) is 0 Å². The van der Waals surface area contributed by atoms with E-state index in [-0.39, 0.29) is 16.1 Å². The Morgan fingerprint density at radius 2 is 2.10 bits per heavy atom. The van der Waals surface area contributed by atoms with Crippen molar-refractivity contribution >= 4 is 34.8 Å². The lowest BCUT2D eigenvalue weighted by Crippen LogP contribution is -2.31. The van der Waals surface area contributed by atoms with E-state index in [9.17, 15) is 9.59 Å². The number of H-pyrrole nitrogens is 1. The molecule has 5 nitrogen and oxygen atoms in total. The monoisotopic (exact) mass is 326 g/mol. The highest BCUT2D eigenvalue weighted by molar-refractivity contribution is 6.42. The summed E-state index contributed by atoms with van der Waals surface area (Å²) in [4.78, 5) is 26.2. The second kappa shape index (κ2) is 6.65. The Morgan fingerprint density at radius 1 is 1.33 bits per heavy atom. The summed E-state index contributed by atoms with van der Waals surface area (Å²) in [6, 6.07) is 6.20. The molecule has 21 heavy (non-hydrogen) atoms. The van der Waals surface area contributed by atoms with Crippen LogP contribution < -0.4 is 15.5 Å². The van der Waals surface area contributed by atoms with Crippen molar-refractivity contribution in [3.8, 4) is 5.75 Å². The molecule has 0 aliphatic carbocycles. The largest absolute Gasteiger partial charge is 0.479 e. The molecule has 0 saturated heterocycles. The Balaban J connectivity index is 2.08. The summed E-state index contributed by atoms with van der Waals surface area (Å²) < 4.78 is 5.46. The standard InChI is InChI=1S/C14H12Cl2N2O3/c1-8(21-12-4-2-3-9(15)13(12)16)14(20)18-10-7-17-6-5-11(10)19/h2-8H,1H3,(H,17,19)(H,18,20). The lowest BCUT2D eigenvalue weighted by atomic mass is 10.3. The van der Waals surface area contributed by atoms with Gasteiger partial charge in [-0.3, -0.25) is 9.59 Å². The molecule has 0 spiro atoms. The molecule has 110 valence electrons. The highest BCUT2D eigenvalue weighted by Gasteiger charge is 2.18. The number of benzene rings is 1. The van der Waals surface area contributed by atoms with Crippen LogP contribution in [0.4, 0.5) is 5.69 Å². The van der Waals surface area contributed by atoms with Crippen molar-refractivity contribution in [2.24, 2.45) is 0 Å². The summed E-state index contributed by atoms with van der Waals surface area (Å²) >= 11 is 11.9. The lowest BCUT2D eigenvalue weighted by Gasteiger charge is -2.15. The van der Waals surface area contributed by atoms with Crippen molar-refractivity contribution in [3.63, 3.8) is 0 Å². The van der Waals surface area contributed by atoms with E-state index in [4.69, 9.17) is 27.9 Å². The average Bonchev–Trinajstić information content (AvgIpc) is 2.46. The first-order chi connectivity index (χ1) is 9.99. The van der Waals surface area contributed by atoms with Crippen LogP contribution in [0.5, 0.6) is 5.75 Å². The van der Waals surface area contributed by atoms with Crippen molar-refractivity contribution in [1.82, 2.24) is 4.98 Å². The second-order valence-electron chi connectivity index (χ2n) is 4.22. The van der Waals surface area contributed by atoms with E-state index in [2.05, 4.69) is 10.3 Å². The topological polar surface area (TPSA) is 71.2 Å². The average molecular weight is 327 g/mol. The molecule has 1 heterocycles. The van der Waals surface area contributed by atoms with Crippen molar-refractivity contribution < 1.29 is 9.53 Å². The first-order valence-electron chi connectivity index (χ1n) is 6.07. The predicted molar refractivity (Wildman–Crippen MR) is 82.2 cm³/mol. The minimum absolute atomic E-state index is 0.148. The number of anilines is 1. The molecule has 2 rings (SSSR count). The molecule has 7 heteroatoms. The van der Waals surface area contributed by atoms with Gasteiger partial charge in [-0.1, -0.05) is 29.3 Å². The van der Waals surface area contributed by atoms with Crippen LogP contribution in [-0.4, -0.2) is 17.0 Å². The van der Waals surface area contributed by atoms with E-state index in [0.717, 1.165) is 0 Å². The van der Waals surface area contributed by atoms with Crippen LogP contribution in [0.15, 0.2) is 41.5 Å². The number of amides is 1. The van der Waals surface area contributed by atoms with E-state index in [1.807, 2.05) is 0 Å². The van der Waals surface area contributed by atoms with Gasteiger partial charge in [0.25, 0.3) is 5.91 Å². The number of rotatable bonds is 4. The van der Waals surface area contributed by atoms with Gasteiger partial charge < -0.3 is 15.0 Å². The molecule has 1 atom stereocenters. The highest BCUT2D eigenvalue weighted by atomic mass is 35.5. The van der Waals surface area contributed by atoms with Crippen LogP contribution in [0.25, 0.3) is 0 Å². The molecule has 2 N–H and O–H groups in total.